The van der Waals surface area contributed by atoms with Crippen molar-refractivity contribution in [1.82, 2.24) is 0 Å². The first-order valence-corrected chi connectivity index (χ1v) is 16.4. The maximum absolute atomic E-state index is 11.2. The monoisotopic (exact) mass is 496 g/mol. The molecule has 0 heterocycles. The summed E-state index contributed by atoms with van der Waals surface area (Å²) in [6.45, 7) is 10.8. The van der Waals surface area contributed by atoms with Crippen LogP contribution < -0.4 is 0 Å². The van der Waals surface area contributed by atoms with Crippen LogP contribution in [0.25, 0.3) is 0 Å². The smallest absolute Gasteiger partial charge is 0.463 e. The molecule has 0 aliphatic carbocycles. The third-order valence-corrected chi connectivity index (χ3v) is 15.0. The van der Waals surface area contributed by atoms with Crippen LogP contribution >= 0.6 is 0 Å². The van der Waals surface area contributed by atoms with Crippen molar-refractivity contribution in [3.8, 4) is 0 Å². The maximum atomic E-state index is 11.2. The van der Waals surface area contributed by atoms with Gasteiger partial charge in [0, 0.05) is 52.7 Å². The summed E-state index contributed by atoms with van der Waals surface area (Å²) in [6.07, 6.45) is 3.19. The molecule has 0 rings (SSSR count). The molecule has 0 aromatic rings. The van der Waals surface area contributed by atoms with E-state index in [1.807, 2.05) is 13.1 Å². The summed E-state index contributed by atoms with van der Waals surface area (Å²) in [7, 11) is -2.99. The van der Waals surface area contributed by atoms with Gasteiger partial charge in [-0.15, -0.1) is 0 Å². The number of rotatable bonds is 18. The van der Waals surface area contributed by atoms with Crippen LogP contribution in [0.1, 0.15) is 12.8 Å². The molecule has 10 nitrogen and oxygen atoms in total. The average molecular weight is 497 g/mol. The van der Waals surface area contributed by atoms with E-state index >= 15 is 0 Å². The molecule has 180 valence electrons. The Hall–Kier alpha value is -1.17. The lowest BCUT2D eigenvalue weighted by molar-refractivity contribution is -0.138. The summed E-state index contributed by atoms with van der Waals surface area (Å²) in [6, 6.07) is 0.854. The number of ether oxygens (including phenoxy) is 2. The summed E-state index contributed by atoms with van der Waals surface area (Å²) < 4.78 is 45.1. The standard InChI is InChI=1S/C18H36O10Si3/c1-9-17(19)25-13-11-15-30(21-3,22-4)27-29(7,8)28-31(23-5,24-6)16-12-14-26-18(20)10-2/h9-10H,1-2,11-16H2,3-8H3. The molecule has 13 heteroatoms. The summed E-state index contributed by atoms with van der Waals surface area (Å²) in [5, 5.41) is 0. The van der Waals surface area contributed by atoms with Gasteiger partial charge >= 0.3 is 38.1 Å². The molecule has 0 saturated heterocycles. The van der Waals surface area contributed by atoms with Crippen LogP contribution in [0, 0.1) is 0 Å². The normalized spacial score (nSPS) is 12.3. The topological polar surface area (TPSA) is 108 Å². The number of esters is 2. The van der Waals surface area contributed by atoms with Gasteiger partial charge in [-0.3, -0.25) is 0 Å². The Balaban J connectivity index is 5.07. The van der Waals surface area contributed by atoms with Gasteiger partial charge in [0.2, 0.25) is 0 Å². The van der Waals surface area contributed by atoms with Crippen LogP contribution in [-0.4, -0.2) is 79.8 Å². The SMILES string of the molecule is C=CC(=O)OCCC[Si](OC)(OC)O[Si](C)(C)O[Si](CCCOC(=O)C=C)(OC)OC. The van der Waals surface area contributed by atoms with Crippen molar-refractivity contribution in [2.75, 3.05) is 41.7 Å². The van der Waals surface area contributed by atoms with Crippen LogP contribution in [0.5, 0.6) is 0 Å². The molecule has 0 amide bonds. The molecule has 0 aromatic heterocycles. The van der Waals surface area contributed by atoms with Crippen LogP contribution in [0.15, 0.2) is 25.3 Å². The van der Waals surface area contributed by atoms with E-state index in [9.17, 15) is 9.59 Å². The van der Waals surface area contributed by atoms with Gasteiger partial charge in [-0.05, 0) is 25.9 Å². The van der Waals surface area contributed by atoms with Crippen molar-refractivity contribution in [2.24, 2.45) is 0 Å². The highest BCUT2D eigenvalue weighted by molar-refractivity contribution is 6.82. The van der Waals surface area contributed by atoms with Crippen molar-refractivity contribution < 1.29 is 45.0 Å². The Morgan fingerprint density at radius 3 is 1.29 bits per heavy atom. The van der Waals surface area contributed by atoms with Crippen molar-refractivity contribution in [3.63, 3.8) is 0 Å². The molecule has 31 heavy (non-hydrogen) atoms. The lowest BCUT2D eigenvalue weighted by Crippen LogP contribution is -2.59. The van der Waals surface area contributed by atoms with Gasteiger partial charge in [-0.1, -0.05) is 13.2 Å². The van der Waals surface area contributed by atoms with Crippen molar-refractivity contribution >= 4 is 38.1 Å². The van der Waals surface area contributed by atoms with Gasteiger partial charge in [0.05, 0.1) is 13.2 Å². The minimum atomic E-state index is -3.09. The fourth-order valence-electron chi connectivity index (χ4n) is 2.65. The van der Waals surface area contributed by atoms with E-state index in [-0.39, 0.29) is 13.2 Å². The zero-order valence-electron chi connectivity index (χ0n) is 19.4. The van der Waals surface area contributed by atoms with Gasteiger partial charge in [0.15, 0.2) is 0 Å². The lowest BCUT2D eigenvalue weighted by atomic mass is 10.5. The van der Waals surface area contributed by atoms with Gasteiger partial charge < -0.3 is 35.4 Å². The molecule has 0 N–H and O–H groups in total. The summed E-state index contributed by atoms with van der Waals surface area (Å²) in [5.41, 5.74) is 0. The fourth-order valence-corrected chi connectivity index (χ4v) is 13.6. The number of carbonyl (C=O) groups excluding carboxylic acids is 2. The van der Waals surface area contributed by atoms with Crippen molar-refractivity contribution in [2.45, 2.75) is 38.0 Å². The molecular formula is C18H36O10Si3. The van der Waals surface area contributed by atoms with Crippen LogP contribution in [0.3, 0.4) is 0 Å². The third kappa shape index (κ3) is 11.3. The Bertz CT molecular complexity index is 529. The van der Waals surface area contributed by atoms with Gasteiger partial charge in [0.25, 0.3) is 0 Å². The van der Waals surface area contributed by atoms with Gasteiger partial charge in [0.1, 0.15) is 0 Å². The van der Waals surface area contributed by atoms with E-state index in [4.69, 9.17) is 35.4 Å². The predicted octanol–water partition coefficient (Wildman–Crippen LogP) is 2.42. The minimum absolute atomic E-state index is 0.191. The van der Waals surface area contributed by atoms with Gasteiger partial charge in [-0.2, -0.15) is 0 Å². The first kappa shape index (κ1) is 29.8. The second kappa shape index (κ2) is 14.8. The zero-order valence-corrected chi connectivity index (χ0v) is 22.4. The van der Waals surface area contributed by atoms with Crippen LogP contribution in [-0.2, 0) is 45.0 Å². The van der Waals surface area contributed by atoms with Crippen LogP contribution in [0.2, 0.25) is 25.2 Å². The highest BCUT2D eigenvalue weighted by Gasteiger charge is 2.51. The third-order valence-electron chi connectivity index (χ3n) is 4.12. The molecule has 0 atom stereocenters. The highest BCUT2D eigenvalue weighted by Crippen LogP contribution is 2.27. The second-order valence-electron chi connectivity index (χ2n) is 6.74. The highest BCUT2D eigenvalue weighted by atomic mass is 28.5. The van der Waals surface area contributed by atoms with E-state index < -0.39 is 38.1 Å². The van der Waals surface area contributed by atoms with Gasteiger partial charge in [-0.25, -0.2) is 9.59 Å². The minimum Gasteiger partial charge on any atom is -0.463 e. The molecule has 0 radical (unpaired) electrons. The number of carbonyl (C=O) groups is 2. The Labute approximate surface area is 188 Å². The molecule has 0 aliphatic heterocycles. The Morgan fingerprint density at radius 2 is 1.03 bits per heavy atom. The molecule has 0 fully saturated rings. The number of hydrogen-bond donors (Lipinski definition) is 0. The molecular weight excluding hydrogens is 460 g/mol. The second-order valence-corrected chi connectivity index (χ2v) is 16.5. The van der Waals surface area contributed by atoms with E-state index in [0.717, 1.165) is 12.2 Å². The predicted molar refractivity (Wildman–Crippen MR) is 120 cm³/mol. The zero-order chi connectivity index (χ0) is 24.0. The van der Waals surface area contributed by atoms with E-state index in [1.165, 1.54) is 28.4 Å². The first-order chi connectivity index (χ1) is 14.6. The van der Waals surface area contributed by atoms with E-state index in [2.05, 4.69) is 13.2 Å². The molecule has 0 saturated carbocycles. The summed E-state index contributed by atoms with van der Waals surface area (Å²) in [4.78, 5) is 22.4. The summed E-state index contributed by atoms with van der Waals surface area (Å²) in [5.74, 6) is -0.980. The lowest BCUT2D eigenvalue weighted by Gasteiger charge is -2.39. The van der Waals surface area contributed by atoms with E-state index in [0.29, 0.717) is 24.9 Å². The molecule has 0 spiro atoms. The Morgan fingerprint density at radius 1 is 0.710 bits per heavy atom. The van der Waals surface area contributed by atoms with Crippen molar-refractivity contribution in [1.29, 1.82) is 0 Å². The quantitative estimate of drug-likeness (QED) is 0.121. The largest absolute Gasteiger partial charge is 0.491 e. The molecule has 0 bridgehead atoms. The fraction of sp³-hybridized carbons (Fsp3) is 0.667. The number of hydrogen-bond acceptors (Lipinski definition) is 10. The average Bonchev–Trinajstić information content (AvgIpc) is 2.77. The van der Waals surface area contributed by atoms with Crippen molar-refractivity contribution in [3.05, 3.63) is 25.3 Å². The molecule has 0 aliphatic rings. The molecule has 0 aromatic carbocycles. The summed E-state index contributed by atoms with van der Waals surface area (Å²) >= 11 is 0. The first-order valence-electron chi connectivity index (χ1n) is 9.76. The Kier molecular flexibility index (Phi) is 14.3. The van der Waals surface area contributed by atoms with Crippen LogP contribution in [0.4, 0.5) is 0 Å². The van der Waals surface area contributed by atoms with E-state index in [1.54, 1.807) is 0 Å². The molecule has 0 unspecified atom stereocenters. The maximum Gasteiger partial charge on any atom is 0.491 e.